The van der Waals surface area contributed by atoms with Crippen LogP contribution in [0.2, 0.25) is 0 Å². The molecule has 80 valence electrons. The molecule has 2 aliphatic carbocycles. The molecule has 0 amide bonds. The third-order valence-corrected chi connectivity index (χ3v) is 4.90. The van der Waals surface area contributed by atoms with Gasteiger partial charge in [-0.2, -0.15) is 0 Å². The predicted molar refractivity (Wildman–Crippen MR) is 55.4 cm³/mol. The zero-order valence-corrected chi connectivity index (χ0v) is 8.92. The number of rotatable bonds is 0. The summed E-state index contributed by atoms with van der Waals surface area (Å²) < 4.78 is 6.21. The quantitative estimate of drug-likeness (QED) is 0.566. The molecule has 2 heteroatoms. The fourth-order valence-corrected chi connectivity index (χ4v) is 4.34. The first kappa shape index (κ1) is 8.51. The van der Waals surface area contributed by atoms with E-state index in [-0.39, 0.29) is 5.60 Å². The first-order valence-electron chi connectivity index (χ1n) is 6.21. The van der Waals surface area contributed by atoms with Gasteiger partial charge in [0.2, 0.25) is 0 Å². The monoisotopic (exact) mass is 204 g/mol. The van der Waals surface area contributed by atoms with E-state index in [2.05, 4.69) is 0 Å². The molecule has 3 atom stereocenters. The lowest BCUT2D eigenvalue weighted by Crippen LogP contribution is -2.42. The van der Waals surface area contributed by atoms with E-state index in [0.29, 0.717) is 24.2 Å². The number of fused-ring (bicyclic) bond motifs is 2. The Morgan fingerprint density at radius 1 is 1.27 bits per heavy atom. The van der Waals surface area contributed by atoms with Gasteiger partial charge in [0.15, 0.2) is 0 Å². The van der Waals surface area contributed by atoms with Crippen molar-refractivity contribution in [3.63, 3.8) is 0 Å². The number of ether oxygens (including phenoxy) is 1. The largest absolute Gasteiger partial charge is 0.362 e. The molecule has 1 spiro atoms. The van der Waals surface area contributed by atoms with E-state index in [0.717, 1.165) is 12.8 Å². The molecule has 0 aromatic heterocycles. The van der Waals surface area contributed by atoms with Crippen LogP contribution in [0, 0.1) is 5.92 Å². The van der Waals surface area contributed by atoms with Crippen molar-refractivity contribution < 1.29 is 9.53 Å². The zero-order chi connectivity index (χ0) is 10.0. The zero-order valence-electron chi connectivity index (χ0n) is 8.92. The average Bonchev–Trinajstić information content (AvgIpc) is 2.85. The third kappa shape index (κ3) is 0.878. The summed E-state index contributed by atoms with van der Waals surface area (Å²) in [6, 6.07) is 0. The SMILES string of the molecule is O=C1CC[C@H]2C[C@H]3O[C@]2(C1)C1=C3CCC1. The maximum Gasteiger partial charge on any atom is 0.136 e. The lowest BCUT2D eigenvalue weighted by atomic mass is 9.67. The van der Waals surface area contributed by atoms with E-state index in [1.807, 2.05) is 0 Å². The van der Waals surface area contributed by atoms with Gasteiger partial charge in [-0.25, -0.2) is 0 Å². The second-order valence-electron chi connectivity index (χ2n) is 5.54. The molecule has 0 aromatic rings. The number of carbonyl (C=O) groups is 1. The summed E-state index contributed by atoms with van der Waals surface area (Å²) in [4.78, 5) is 11.7. The number of hydrogen-bond donors (Lipinski definition) is 0. The lowest BCUT2D eigenvalue weighted by molar-refractivity contribution is -0.128. The summed E-state index contributed by atoms with van der Waals surface area (Å²) in [5.74, 6) is 1.09. The fraction of sp³-hybridized carbons (Fsp3) is 0.769. The summed E-state index contributed by atoms with van der Waals surface area (Å²) in [5, 5.41) is 0. The van der Waals surface area contributed by atoms with Gasteiger partial charge >= 0.3 is 0 Å². The summed E-state index contributed by atoms with van der Waals surface area (Å²) >= 11 is 0. The van der Waals surface area contributed by atoms with Crippen LogP contribution in [-0.2, 0) is 9.53 Å². The first-order chi connectivity index (χ1) is 7.29. The van der Waals surface area contributed by atoms with Crippen molar-refractivity contribution in [2.75, 3.05) is 0 Å². The van der Waals surface area contributed by atoms with Crippen LogP contribution in [0.5, 0.6) is 0 Å². The minimum atomic E-state index is -0.0914. The number of carbonyl (C=O) groups excluding carboxylic acids is 1. The van der Waals surface area contributed by atoms with E-state index in [1.54, 1.807) is 11.1 Å². The molecule has 2 nitrogen and oxygen atoms in total. The molecule has 4 rings (SSSR count). The van der Waals surface area contributed by atoms with Crippen molar-refractivity contribution in [2.24, 2.45) is 5.92 Å². The number of ketones is 1. The topological polar surface area (TPSA) is 26.3 Å². The van der Waals surface area contributed by atoms with E-state index < -0.39 is 0 Å². The molecule has 15 heavy (non-hydrogen) atoms. The van der Waals surface area contributed by atoms with Gasteiger partial charge in [0, 0.05) is 12.8 Å². The van der Waals surface area contributed by atoms with Gasteiger partial charge in [0.05, 0.1) is 6.10 Å². The van der Waals surface area contributed by atoms with Gasteiger partial charge in [-0.1, -0.05) is 0 Å². The Labute approximate surface area is 89.7 Å². The highest BCUT2D eigenvalue weighted by molar-refractivity contribution is 5.82. The Balaban J connectivity index is 1.83. The van der Waals surface area contributed by atoms with E-state index in [4.69, 9.17) is 4.74 Å². The lowest BCUT2D eigenvalue weighted by Gasteiger charge is -2.38. The summed E-state index contributed by atoms with van der Waals surface area (Å²) in [7, 11) is 0. The van der Waals surface area contributed by atoms with Crippen LogP contribution in [0.3, 0.4) is 0 Å². The maximum absolute atomic E-state index is 11.7. The molecule has 2 fully saturated rings. The van der Waals surface area contributed by atoms with Crippen LogP contribution < -0.4 is 0 Å². The highest BCUT2D eigenvalue weighted by Crippen LogP contribution is 2.60. The smallest absolute Gasteiger partial charge is 0.136 e. The van der Waals surface area contributed by atoms with Crippen LogP contribution in [0.15, 0.2) is 11.1 Å². The molecule has 2 bridgehead atoms. The normalized spacial score (nSPS) is 47.3. The summed E-state index contributed by atoms with van der Waals surface area (Å²) in [6.45, 7) is 0. The molecule has 1 saturated carbocycles. The fourth-order valence-electron chi connectivity index (χ4n) is 4.34. The molecule has 0 unspecified atom stereocenters. The number of hydrogen-bond acceptors (Lipinski definition) is 2. The van der Waals surface area contributed by atoms with Gasteiger partial charge in [0.1, 0.15) is 11.4 Å². The Kier molecular flexibility index (Phi) is 1.44. The Bertz CT molecular complexity index is 382. The van der Waals surface area contributed by atoms with Crippen LogP contribution in [-0.4, -0.2) is 17.5 Å². The van der Waals surface area contributed by atoms with Gasteiger partial charge < -0.3 is 4.74 Å². The number of Topliss-reactive ketones (excluding diaryl/α,β-unsaturated/α-hetero) is 1. The highest BCUT2D eigenvalue weighted by Gasteiger charge is 2.60. The minimum Gasteiger partial charge on any atom is -0.362 e. The van der Waals surface area contributed by atoms with Gasteiger partial charge in [-0.05, 0) is 49.2 Å². The maximum atomic E-state index is 11.7. The van der Waals surface area contributed by atoms with Gasteiger partial charge in [-0.15, -0.1) is 0 Å². The Morgan fingerprint density at radius 3 is 3.13 bits per heavy atom. The Hall–Kier alpha value is -0.630. The molecule has 0 N–H and O–H groups in total. The average molecular weight is 204 g/mol. The molecule has 0 aromatic carbocycles. The summed E-state index contributed by atoms with van der Waals surface area (Å²) in [6.07, 6.45) is 7.90. The summed E-state index contributed by atoms with van der Waals surface area (Å²) in [5.41, 5.74) is 3.05. The molecular formula is C13H16O2. The first-order valence-corrected chi connectivity index (χ1v) is 6.21. The van der Waals surface area contributed by atoms with Crippen molar-refractivity contribution >= 4 is 5.78 Å². The molecule has 0 radical (unpaired) electrons. The van der Waals surface area contributed by atoms with Crippen molar-refractivity contribution in [3.05, 3.63) is 11.1 Å². The second kappa shape index (κ2) is 2.54. The van der Waals surface area contributed by atoms with Crippen LogP contribution >= 0.6 is 0 Å². The van der Waals surface area contributed by atoms with Crippen LogP contribution in [0.4, 0.5) is 0 Å². The van der Waals surface area contributed by atoms with E-state index in [1.165, 1.54) is 25.7 Å². The Morgan fingerprint density at radius 2 is 2.20 bits per heavy atom. The standard InChI is InChI=1S/C13H16O2/c14-9-5-4-8-6-12-10-2-1-3-11(10)13(8,7-9)15-12/h8,12H,1-7H2/t8-,12+,13-/m0/s1. The molecular weight excluding hydrogens is 188 g/mol. The van der Waals surface area contributed by atoms with E-state index >= 15 is 0 Å². The minimum absolute atomic E-state index is 0.0914. The van der Waals surface area contributed by atoms with Crippen LogP contribution in [0.25, 0.3) is 0 Å². The van der Waals surface area contributed by atoms with E-state index in [9.17, 15) is 4.79 Å². The molecule has 2 heterocycles. The molecule has 4 aliphatic rings. The van der Waals surface area contributed by atoms with Crippen molar-refractivity contribution in [1.82, 2.24) is 0 Å². The molecule has 1 saturated heterocycles. The van der Waals surface area contributed by atoms with Crippen molar-refractivity contribution in [1.29, 1.82) is 0 Å². The van der Waals surface area contributed by atoms with Crippen molar-refractivity contribution in [2.45, 2.75) is 56.7 Å². The van der Waals surface area contributed by atoms with Gasteiger partial charge in [0.25, 0.3) is 0 Å². The predicted octanol–water partition coefficient (Wildman–Crippen LogP) is 2.38. The van der Waals surface area contributed by atoms with Crippen molar-refractivity contribution in [3.8, 4) is 0 Å². The third-order valence-electron chi connectivity index (χ3n) is 4.90. The van der Waals surface area contributed by atoms with Gasteiger partial charge in [-0.3, -0.25) is 4.79 Å². The second-order valence-corrected chi connectivity index (χ2v) is 5.54. The van der Waals surface area contributed by atoms with Crippen LogP contribution in [0.1, 0.15) is 44.9 Å². The highest BCUT2D eigenvalue weighted by atomic mass is 16.5. The molecule has 2 aliphatic heterocycles.